The summed E-state index contributed by atoms with van der Waals surface area (Å²) >= 11 is 3.38. The lowest BCUT2D eigenvalue weighted by Crippen LogP contribution is -2.39. The highest BCUT2D eigenvalue weighted by Gasteiger charge is 2.27. The molecule has 0 atom stereocenters. The first-order valence-electron chi connectivity index (χ1n) is 8.13. The maximum Gasteiger partial charge on any atom is 0.255 e. The molecule has 134 valence electrons. The fraction of sp³-hybridized carbons (Fsp3) is 0.588. The van der Waals surface area contributed by atoms with Crippen LogP contribution in [0, 0.1) is 5.92 Å². The lowest BCUT2D eigenvalue weighted by Gasteiger charge is -2.34. The number of carbonyl (C=O) groups excluding carboxylic acids is 1. The normalized spacial score (nSPS) is 21.8. The summed E-state index contributed by atoms with van der Waals surface area (Å²) < 4.78 is 26.4. The number of rotatable bonds is 4. The van der Waals surface area contributed by atoms with Crippen LogP contribution >= 0.6 is 15.9 Å². The largest absolute Gasteiger partial charge is 0.339 e. The van der Waals surface area contributed by atoms with Crippen molar-refractivity contribution >= 4 is 31.9 Å². The molecule has 2 rings (SSSR count). The predicted octanol–water partition coefficient (Wildman–Crippen LogP) is 3.35. The summed E-state index contributed by atoms with van der Waals surface area (Å²) in [5, 5.41) is 0. The highest BCUT2D eigenvalue weighted by Crippen LogP contribution is 2.29. The van der Waals surface area contributed by atoms with Crippen molar-refractivity contribution in [3.05, 3.63) is 28.2 Å². The summed E-state index contributed by atoms with van der Waals surface area (Å²) in [5.41, 5.74) is 0.388. The molecule has 0 N–H and O–H groups in total. The topological polar surface area (TPSA) is 57.7 Å². The van der Waals surface area contributed by atoms with Gasteiger partial charge < -0.3 is 4.90 Å². The van der Waals surface area contributed by atoms with E-state index in [9.17, 15) is 13.2 Å². The summed E-state index contributed by atoms with van der Waals surface area (Å²) in [4.78, 5) is 14.8. The minimum atomic E-state index is -3.57. The third kappa shape index (κ3) is 4.00. The first kappa shape index (κ1) is 19.4. The second kappa shape index (κ2) is 7.54. The van der Waals surface area contributed by atoms with Gasteiger partial charge in [-0.05, 0) is 65.7 Å². The summed E-state index contributed by atoms with van der Waals surface area (Å²) in [6.45, 7) is 2.24. The molecule has 5 nitrogen and oxygen atoms in total. The average Bonchev–Trinajstić information content (AvgIpc) is 2.54. The molecule has 24 heavy (non-hydrogen) atoms. The van der Waals surface area contributed by atoms with Crippen LogP contribution in [0.25, 0.3) is 0 Å². The Balaban J connectivity index is 2.29. The molecule has 1 aromatic rings. The number of nitrogens with zero attached hydrogens (tertiary/aromatic N) is 2. The Kier molecular flexibility index (Phi) is 6.09. The molecule has 1 aliphatic carbocycles. The molecule has 0 unspecified atom stereocenters. The van der Waals surface area contributed by atoms with Crippen LogP contribution in [0.15, 0.2) is 27.6 Å². The second-order valence-electron chi connectivity index (χ2n) is 6.76. The van der Waals surface area contributed by atoms with Gasteiger partial charge in [-0.15, -0.1) is 0 Å². The van der Waals surface area contributed by atoms with Crippen molar-refractivity contribution in [1.29, 1.82) is 0 Å². The van der Waals surface area contributed by atoms with E-state index in [1.54, 1.807) is 11.0 Å². The third-order valence-corrected chi connectivity index (χ3v) is 7.30. The van der Waals surface area contributed by atoms with Gasteiger partial charge in [-0.25, -0.2) is 12.7 Å². The summed E-state index contributed by atoms with van der Waals surface area (Å²) in [6.07, 6.45) is 4.24. The third-order valence-electron chi connectivity index (χ3n) is 4.80. The second-order valence-corrected chi connectivity index (χ2v) is 9.77. The first-order chi connectivity index (χ1) is 11.1. The first-order valence-corrected chi connectivity index (χ1v) is 10.4. The molecule has 0 aromatic heterocycles. The standard InChI is InChI=1S/C17H25BrN2O3S/c1-12-5-7-13(8-6-12)20(4)17(21)15-11-14(9-10-16(15)18)24(22,23)19(2)3/h9-13H,5-8H2,1-4H3. The van der Waals surface area contributed by atoms with E-state index in [-0.39, 0.29) is 16.8 Å². The van der Waals surface area contributed by atoms with E-state index in [1.807, 2.05) is 7.05 Å². The van der Waals surface area contributed by atoms with E-state index < -0.39 is 10.0 Å². The molecular weight excluding hydrogens is 392 g/mol. The Morgan fingerprint density at radius 1 is 1.12 bits per heavy atom. The minimum Gasteiger partial charge on any atom is -0.339 e. The van der Waals surface area contributed by atoms with Crippen molar-refractivity contribution in [2.75, 3.05) is 21.1 Å². The number of halogens is 1. The number of hydrogen-bond donors (Lipinski definition) is 0. The van der Waals surface area contributed by atoms with E-state index in [2.05, 4.69) is 22.9 Å². The quantitative estimate of drug-likeness (QED) is 0.755. The molecule has 0 aliphatic heterocycles. The van der Waals surface area contributed by atoms with E-state index in [4.69, 9.17) is 0 Å². The molecule has 1 saturated carbocycles. The summed E-state index contributed by atoms with van der Waals surface area (Å²) in [7, 11) is 1.20. The molecule has 0 bridgehead atoms. The molecule has 0 radical (unpaired) electrons. The maximum atomic E-state index is 12.9. The highest BCUT2D eigenvalue weighted by molar-refractivity contribution is 9.10. The maximum absolute atomic E-state index is 12.9. The fourth-order valence-corrected chi connectivity index (χ4v) is 4.37. The van der Waals surface area contributed by atoms with Gasteiger partial charge in [0.25, 0.3) is 5.91 Å². The molecule has 1 amide bonds. The van der Waals surface area contributed by atoms with Crippen LogP contribution in [0.2, 0.25) is 0 Å². The number of sulfonamides is 1. The van der Waals surface area contributed by atoms with Gasteiger partial charge in [-0.1, -0.05) is 6.92 Å². The van der Waals surface area contributed by atoms with Gasteiger partial charge in [0.05, 0.1) is 10.5 Å². The van der Waals surface area contributed by atoms with Gasteiger partial charge in [-0.3, -0.25) is 4.79 Å². The molecular formula is C17H25BrN2O3S. The van der Waals surface area contributed by atoms with Gasteiger partial charge in [0.15, 0.2) is 0 Å². The Bertz CT molecular complexity index is 711. The van der Waals surface area contributed by atoms with Crippen LogP contribution in [-0.2, 0) is 10.0 Å². The van der Waals surface area contributed by atoms with Crippen LogP contribution < -0.4 is 0 Å². The Hall–Kier alpha value is -0.920. The lowest BCUT2D eigenvalue weighted by molar-refractivity contribution is 0.0678. The molecule has 1 aliphatic rings. The van der Waals surface area contributed by atoms with Crippen molar-refractivity contribution < 1.29 is 13.2 Å². The lowest BCUT2D eigenvalue weighted by atomic mass is 9.86. The average molecular weight is 417 g/mol. The van der Waals surface area contributed by atoms with E-state index >= 15 is 0 Å². The van der Waals surface area contributed by atoms with E-state index in [0.29, 0.717) is 16.0 Å². The summed E-state index contributed by atoms with van der Waals surface area (Å²) in [5.74, 6) is 0.572. The van der Waals surface area contributed by atoms with E-state index in [0.717, 1.165) is 30.0 Å². The number of benzene rings is 1. The van der Waals surface area contributed by atoms with Gasteiger partial charge in [-0.2, -0.15) is 0 Å². The van der Waals surface area contributed by atoms with Crippen molar-refractivity contribution in [2.24, 2.45) is 5.92 Å². The van der Waals surface area contributed by atoms with Crippen LogP contribution in [0.3, 0.4) is 0 Å². The zero-order valence-corrected chi connectivity index (χ0v) is 17.0. The van der Waals surface area contributed by atoms with Gasteiger partial charge in [0.2, 0.25) is 10.0 Å². The van der Waals surface area contributed by atoms with Crippen molar-refractivity contribution in [3.63, 3.8) is 0 Å². The SMILES string of the molecule is CC1CCC(N(C)C(=O)c2cc(S(=O)(=O)N(C)C)ccc2Br)CC1. The molecule has 0 heterocycles. The summed E-state index contributed by atoms with van der Waals surface area (Å²) in [6, 6.07) is 4.82. The molecule has 1 fully saturated rings. The number of amides is 1. The van der Waals surface area contributed by atoms with Gasteiger partial charge in [0.1, 0.15) is 0 Å². The molecule has 1 aromatic carbocycles. The van der Waals surface area contributed by atoms with Gasteiger partial charge >= 0.3 is 0 Å². The smallest absolute Gasteiger partial charge is 0.255 e. The van der Waals surface area contributed by atoms with Crippen LogP contribution in [-0.4, -0.2) is 50.7 Å². The molecule has 7 heteroatoms. The monoisotopic (exact) mass is 416 g/mol. The Morgan fingerprint density at radius 2 is 1.71 bits per heavy atom. The predicted molar refractivity (Wildman–Crippen MR) is 98.5 cm³/mol. The minimum absolute atomic E-state index is 0.129. The van der Waals surface area contributed by atoms with Crippen molar-refractivity contribution in [3.8, 4) is 0 Å². The zero-order valence-electron chi connectivity index (χ0n) is 14.6. The fourth-order valence-electron chi connectivity index (χ4n) is 3.03. The number of carbonyl (C=O) groups is 1. The van der Waals surface area contributed by atoms with Crippen LogP contribution in [0.5, 0.6) is 0 Å². The van der Waals surface area contributed by atoms with Crippen LogP contribution in [0.1, 0.15) is 43.0 Å². The van der Waals surface area contributed by atoms with Crippen molar-refractivity contribution in [2.45, 2.75) is 43.5 Å². The van der Waals surface area contributed by atoms with Crippen LogP contribution in [0.4, 0.5) is 0 Å². The Morgan fingerprint density at radius 3 is 2.25 bits per heavy atom. The molecule has 0 saturated heterocycles. The molecule has 0 spiro atoms. The van der Waals surface area contributed by atoms with Crippen molar-refractivity contribution in [1.82, 2.24) is 9.21 Å². The highest BCUT2D eigenvalue weighted by atomic mass is 79.9. The number of hydrogen-bond acceptors (Lipinski definition) is 3. The van der Waals surface area contributed by atoms with Gasteiger partial charge in [0, 0.05) is 31.7 Å². The zero-order chi connectivity index (χ0) is 18.1. The Labute approximate surface area is 153 Å². The van der Waals surface area contributed by atoms with E-state index in [1.165, 1.54) is 26.2 Å².